The topological polar surface area (TPSA) is 53.9 Å². The maximum atomic E-state index is 12.2. The average molecular weight is 463 g/mol. The minimum absolute atomic E-state index is 0.213. The van der Waals surface area contributed by atoms with Crippen LogP contribution in [0.4, 0.5) is 5.69 Å². The zero-order chi connectivity index (χ0) is 18.4. The molecule has 1 aliphatic rings. The van der Waals surface area contributed by atoms with E-state index in [4.69, 9.17) is 4.74 Å². The van der Waals surface area contributed by atoms with E-state index in [9.17, 15) is 4.79 Å². The molecule has 136 valence electrons. The van der Waals surface area contributed by atoms with Gasteiger partial charge in [0.15, 0.2) is 0 Å². The first-order chi connectivity index (χ1) is 12.7. The van der Waals surface area contributed by atoms with E-state index >= 15 is 0 Å². The Kier molecular flexibility index (Phi) is 6.49. The predicted octanol–water partition coefficient (Wildman–Crippen LogP) is 4.05. The Morgan fingerprint density at radius 2 is 1.96 bits per heavy atom. The second kappa shape index (κ2) is 9.02. The zero-order valence-corrected chi connectivity index (χ0v) is 16.9. The van der Waals surface area contributed by atoms with Gasteiger partial charge >= 0.3 is 0 Å². The van der Waals surface area contributed by atoms with Gasteiger partial charge in [0.05, 0.1) is 16.4 Å². The van der Waals surface area contributed by atoms with Crippen LogP contribution in [0.1, 0.15) is 35.7 Å². The fourth-order valence-electron chi connectivity index (χ4n) is 2.90. The van der Waals surface area contributed by atoms with Crippen LogP contribution in [0.2, 0.25) is 0 Å². The molecule has 1 fully saturated rings. The van der Waals surface area contributed by atoms with Gasteiger partial charge in [0.2, 0.25) is 0 Å². The highest BCUT2D eigenvalue weighted by atomic mass is 127. The molecule has 1 aliphatic heterocycles. The van der Waals surface area contributed by atoms with E-state index in [2.05, 4.69) is 38.0 Å². The van der Waals surface area contributed by atoms with Gasteiger partial charge in [-0.3, -0.25) is 4.79 Å². The number of nitrogens with zero attached hydrogens (tertiary/aromatic N) is 2. The normalized spacial score (nSPS) is 14.0. The molecule has 0 aromatic heterocycles. The second-order valence-corrected chi connectivity index (χ2v) is 7.23. The van der Waals surface area contributed by atoms with E-state index in [1.165, 1.54) is 18.5 Å². The van der Waals surface area contributed by atoms with Crippen LogP contribution in [-0.4, -0.2) is 31.8 Å². The van der Waals surface area contributed by atoms with Crippen molar-refractivity contribution in [2.75, 3.05) is 24.6 Å². The smallest absolute Gasteiger partial charge is 0.271 e. The van der Waals surface area contributed by atoms with E-state index < -0.39 is 0 Å². The van der Waals surface area contributed by atoms with Gasteiger partial charge in [-0.2, -0.15) is 5.10 Å². The number of carbonyl (C=O) groups excluding carboxylic acids is 1. The van der Waals surface area contributed by atoms with Gasteiger partial charge in [0, 0.05) is 24.3 Å². The molecular weight excluding hydrogens is 441 g/mol. The first-order valence-electron chi connectivity index (χ1n) is 8.78. The molecule has 1 heterocycles. The molecule has 1 N–H and O–H groups in total. The van der Waals surface area contributed by atoms with Gasteiger partial charge in [-0.1, -0.05) is 0 Å². The van der Waals surface area contributed by atoms with Crippen LogP contribution in [0, 0.1) is 3.57 Å². The van der Waals surface area contributed by atoms with E-state index in [-0.39, 0.29) is 5.91 Å². The first kappa shape index (κ1) is 18.7. The molecule has 6 heteroatoms. The van der Waals surface area contributed by atoms with Gasteiger partial charge < -0.3 is 9.64 Å². The lowest BCUT2D eigenvalue weighted by Crippen LogP contribution is -2.19. The number of amides is 1. The molecule has 26 heavy (non-hydrogen) atoms. The van der Waals surface area contributed by atoms with E-state index in [0.717, 1.165) is 28.0 Å². The lowest BCUT2D eigenvalue weighted by Gasteiger charge is -2.17. The number of halogens is 1. The zero-order valence-electron chi connectivity index (χ0n) is 14.7. The maximum absolute atomic E-state index is 12.2. The van der Waals surface area contributed by atoms with Crippen molar-refractivity contribution < 1.29 is 9.53 Å². The van der Waals surface area contributed by atoms with Crippen LogP contribution in [0.25, 0.3) is 0 Å². The molecule has 3 rings (SSSR count). The van der Waals surface area contributed by atoms with E-state index in [1.54, 1.807) is 6.21 Å². The number of rotatable bonds is 6. The highest BCUT2D eigenvalue weighted by Gasteiger charge is 2.12. The highest BCUT2D eigenvalue weighted by Crippen LogP contribution is 2.22. The molecule has 0 saturated carbocycles. The van der Waals surface area contributed by atoms with Gasteiger partial charge in [0.1, 0.15) is 5.75 Å². The number of nitrogens with one attached hydrogen (secondary N) is 1. The fraction of sp³-hybridized carbons (Fsp3) is 0.300. The van der Waals surface area contributed by atoms with Gasteiger partial charge in [0.25, 0.3) is 5.91 Å². The van der Waals surface area contributed by atoms with Gasteiger partial charge in [-0.05, 0) is 90.4 Å². The predicted molar refractivity (Wildman–Crippen MR) is 113 cm³/mol. The standard InChI is InChI=1S/C20H22IN3O2/c1-2-26-19-10-5-15(13-18(19)21)14-22-23-20(25)16-6-8-17(9-7-16)24-11-3-4-12-24/h5-10,13-14H,2-4,11-12H2,1H3,(H,23,25)/b22-14-. The third-order valence-corrected chi connectivity index (χ3v) is 5.08. The molecule has 5 nitrogen and oxygen atoms in total. The quantitative estimate of drug-likeness (QED) is 0.400. The minimum Gasteiger partial charge on any atom is -0.493 e. The van der Waals surface area contributed by atoms with Crippen LogP contribution < -0.4 is 15.1 Å². The Morgan fingerprint density at radius 3 is 2.62 bits per heavy atom. The van der Waals surface area contributed by atoms with Crippen molar-refractivity contribution in [2.45, 2.75) is 19.8 Å². The summed E-state index contributed by atoms with van der Waals surface area (Å²) in [6, 6.07) is 13.5. The monoisotopic (exact) mass is 463 g/mol. The largest absolute Gasteiger partial charge is 0.493 e. The Morgan fingerprint density at radius 1 is 1.23 bits per heavy atom. The third-order valence-electron chi connectivity index (χ3n) is 4.24. The molecule has 0 unspecified atom stereocenters. The van der Waals surface area contributed by atoms with Crippen LogP contribution in [0.3, 0.4) is 0 Å². The minimum atomic E-state index is -0.213. The average Bonchev–Trinajstić information content (AvgIpc) is 3.19. The summed E-state index contributed by atoms with van der Waals surface area (Å²) in [5, 5.41) is 4.06. The van der Waals surface area contributed by atoms with Crippen molar-refractivity contribution in [1.29, 1.82) is 0 Å². The van der Waals surface area contributed by atoms with Crippen molar-refractivity contribution in [3.63, 3.8) is 0 Å². The first-order valence-corrected chi connectivity index (χ1v) is 9.86. The Labute approximate surface area is 167 Å². The van der Waals surface area contributed by atoms with Gasteiger partial charge in [-0.25, -0.2) is 5.43 Å². The molecule has 1 saturated heterocycles. The van der Waals surface area contributed by atoms with Crippen LogP contribution in [-0.2, 0) is 0 Å². The summed E-state index contributed by atoms with van der Waals surface area (Å²) in [4.78, 5) is 14.6. The molecule has 0 spiro atoms. The summed E-state index contributed by atoms with van der Waals surface area (Å²) in [7, 11) is 0. The molecule has 0 bridgehead atoms. The van der Waals surface area contributed by atoms with Gasteiger partial charge in [-0.15, -0.1) is 0 Å². The van der Waals surface area contributed by atoms with E-state index in [0.29, 0.717) is 12.2 Å². The van der Waals surface area contributed by atoms with Crippen molar-refractivity contribution in [1.82, 2.24) is 5.43 Å². The highest BCUT2D eigenvalue weighted by molar-refractivity contribution is 14.1. The lowest BCUT2D eigenvalue weighted by molar-refractivity contribution is 0.0955. The summed E-state index contributed by atoms with van der Waals surface area (Å²) in [5.74, 6) is 0.641. The molecule has 2 aromatic carbocycles. The number of hydrogen-bond donors (Lipinski definition) is 1. The Hall–Kier alpha value is -2.09. The maximum Gasteiger partial charge on any atom is 0.271 e. The molecular formula is C20H22IN3O2. The SMILES string of the molecule is CCOc1ccc(/C=N\NC(=O)c2ccc(N3CCCC3)cc2)cc1I. The van der Waals surface area contributed by atoms with Crippen molar-refractivity contribution >= 4 is 40.4 Å². The Bertz CT molecular complexity index is 784. The summed E-state index contributed by atoms with van der Waals surface area (Å²) < 4.78 is 6.52. The van der Waals surface area contributed by atoms with E-state index in [1.807, 2.05) is 49.4 Å². The number of ether oxygens (including phenoxy) is 1. The lowest BCUT2D eigenvalue weighted by atomic mass is 10.2. The fourth-order valence-corrected chi connectivity index (χ4v) is 3.59. The van der Waals surface area contributed by atoms with Crippen LogP contribution in [0.15, 0.2) is 47.6 Å². The van der Waals surface area contributed by atoms with Crippen molar-refractivity contribution in [3.8, 4) is 5.75 Å². The Balaban J connectivity index is 1.57. The third kappa shape index (κ3) is 4.75. The number of anilines is 1. The molecule has 0 aliphatic carbocycles. The molecule has 0 atom stereocenters. The summed E-state index contributed by atoms with van der Waals surface area (Å²) in [5.41, 5.74) is 5.26. The van der Waals surface area contributed by atoms with Crippen molar-refractivity contribution in [2.24, 2.45) is 5.10 Å². The number of benzene rings is 2. The van der Waals surface area contributed by atoms with Crippen LogP contribution >= 0.6 is 22.6 Å². The molecule has 0 radical (unpaired) electrons. The van der Waals surface area contributed by atoms with Crippen molar-refractivity contribution in [3.05, 3.63) is 57.2 Å². The summed E-state index contributed by atoms with van der Waals surface area (Å²) in [6.45, 7) is 4.78. The summed E-state index contributed by atoms with van der Waals surface area (Å²) >= 11 is 2.22. The molecule has 1 amide bonds. The van der Waals surface area contributed by atoms with Crippen LogP contribution in [0.5, 0.6) is 5.75 Å². The number of hydrazone groups is 1. The number of hydrogen-bond acceptors (Lipinski definition) is 4. The summed E-state index contributed by atoms with van der Waals surface area (Å²) in [6.07, 6.45) is 4.11. The second-order valence-electron chi connectivity index (χ2n) is 6.06. The number of carbonyl (C=O) groups is 1. The molecule has 2 aromatic rings.